The van der Waals surface area contributed by atoms with Crippen molar-refractivity contribution in [1.29, 1.82) is 0 Å². The molecule has 30 heavy (non-hydrogen) atoms. The lowest BCUT2D eigenvalue weighted by Gasteiger charge is -2.18. The first-order valence-electron chi connectivity index (χ1n) is 9.05. The number of amides is 1. The molecule has 0 unspecified atom stereocenters. The molecule has 0 aliphatic carbocycles. The normalized spacial score (nSPS) is 12.0. The topological polar surface area (TPSA) is 134 Å². The first kappa shape index (κ1) is 20.8. The number of ether oxygens (including phenoxy) is 3. The Hall–Kier alpha value is -3.95. The van der Waals surface area contributed by atoms with Crippen LogP contribution in [-0.4, -0.2) is 42.4 Å². The van der Waals surface area contributed by atoms with Crippen LogP contribution < -0.4 is 14.8 Å². The van der Waals surface area contributed by atoms with Gasteiger partial charge in [0, 0.05) is 29.8 Å². The molecule has 0 saturated heterocycles. The Bertz CT molecular complexity index is 971. The second-order valence-electron chi connectivity index (χ2n) is 6.29. The number of non-ortho nitro benzene ring substituents is 1. The number of esters is 1. The highest BCUT2D eigenvalue weighted by molar-refractivity contribution is 5.98. The zero-order valence-corrected chi connectivity index (χ0v) is 15.8. The Labute approximate surface area is 170 Å². The molecule has 0 bridgehead atoms. The van der Waals surface area contributed by atoms with Gasteiger partial charge in [0.1, 0.15) is 13.2 Å². The van der Waals surface area contributed by atoms with E-state index < -0.39 is 23.4 Å². The molecule has 1 aliphatic heterocycles. The minimum absolute atomic E-state index is 0.0809. The first-order chi connectivity index (χ1) is 14.4. The zero-order valence-electron chi connectivity index (χ0n) is 15.8. The summed E-state index contributed by atoms with van der Waals surface area (Å²) in [6.07, 6.45) is -0.263. The van der Waals surface area contributed by atoms with Crippen LogP contribution >= 0.6 is 0 Å². The van der Waals surface area contributed by atoms with Crippen molar-refractivity contribution in [1.82, 2.24) is 0 Å². The van der Waals surface area contributed by atoms with Crippen LogP contribution in [0.1, 0.15) is 23.2 Å². The number of rotatable bonds is 8. The van der Waals surface area contributed by atoms with Gasteiger partial charge < -0.3 is 19.5 Å². The zero-order chi connectivity index (χ0) is 21.5. The Morgan fingerprint density at radius 1 is 1.00 bits per heavy atom. The minimum atomic E-state index is -0.695. The number of carbonyl (C=O) groups excluding carboxylic acids is 3. The average Bonchev–Trinajstić information content (AvgIpc) is 2.76. The summed E-state index contributed by atoms with van der Waals surface area (Å²) in [7, 11) is 0. The fraction of sp³-hybridized carbons (Fsp3) is 0.250. The Morgan fingerprint density at radius 2 is 1.70 bits per heavy atom. The summed E-state index contributed by atoms with van der Waals surface area (Å²) < 4.78 is 15.7. The van der Waals surface area contributed by atoms with E-state index in [4.69, 9.17) is 14.2 Å². The molecule has 10 heteroatoms. The van der Waals surface area contributed by atoms with E-state index in [1.807, 2.05) is 0 Å². The molecular formula is C20H18N2O8. The minimum Gasteiger partial charge on any atom is -0.486 e. The highest BCUT2D eigenvalue weighted by atomic mass is 16.6. The van der Waals surface area contributed by atoms with Gasteiger partial charge in [0.15, 0.2) is 23.9 Å². The SMILES string of the molecule is O=C(COC(=O)CCC(=O)c1ccc2c(c1)OCCO2)Nc1ccc([N+](=O)[O-])cc1. The van der Waals surface area contributed by atoms with Crippen LogP contribution in [0.4, 0.5) is 11.4 Å². The monoisotopic (exact) mass is 414 g/mol. The van der Waals surface area contributed by atoms with Gasteiger partial charge in [-0.3, -0.25) is 24.5 Å². The second-order valence-corrected chi connectivity index (χ2v) is 6.29. The lowest BCUT2D eigenvalue weighted by molar-refractivity contribution is -0.384. The predicted molar refractivity (Wildman–Crippen MR) is 104 cm³/mol. The van der Waals surface area contributed by atoms with Crippen LogP contribution in [0.5, 0.6) is 11.5 Å². The van der Waals surface area contributed by atoms with Crippen LogP contribution in [-0.2, 0) is 14.3 Å². The van der Waals surface area contributed by atoms with Gasteiger partial charge in [-0.2, -0.15) is 0 Å². The van der Waals surface area contributed by atoms with E-state index in [9.17, 15) is 24.5 Å². The van der Waals surface area contributed by atoms with Gasteiger partial charge >= 0.3 is 5.97 Å². The third-order valence-corrected chi connectivity index (χ3v) is 4.15. The fourth-order valence-electron chi connectivity index (χ4n) is 2.66. The Balaban J connectivity index is 1.41. The molecule has 1 amide bonds. The third-order valence-electron chi connectivity index (χ3n) is 4.15. The van der Waals surface area contributed by atoms with Crippen molar-refractivity contribution in [3.63, 3.8) is 0 Å². The largest absolute Gasteiger partial charge is 0.486 e. The highest BCUT2D eigenvalue weighted by Crippen LogP contribution is 2.31. The summed E-state index contributed by atoms with van der Waals surface area (Å²) in [4.78, 5) is 45.9. The molecular weight excluding hydrogens is 396 g/mol. The van der Waals surface area contributed by atoms with E-state index in [-0.39, 0.29) is 24.3 Å². The number of Topliss-reactive ketones (excluding diaryl/α,β-unsaturated/α-hetero) is 1. The standard InChI is InChI=1S/C20H18N2O8/c23-16(13-1-7-17-18(11-13)29-10-9-28-17)6-8-20(25)30-12-19(24)21-14-2-4-15(5-3-14)22(26)27/h1-5,7,11H,6,8-10,12H2,(H,21,24). The van der Waals surface area contributed by atoms with Gasteiger partial charge in [0.05, 0.1) is 11.3 Å². The molecule has 2 aromatic rings. The number of fused-ring (bicyclic) bond motifs is 1. The molecule has 0 fully saturated rings. The summed E-state index contributed by atoms with van der Waals surface area (Å²) in [6.45, 7) is 0.316. The lowest BCUT2D eigenvalue weighted by Crippen LogP contribution is -2.21. The average molecular weight is 414 g/mol. The molecule has 1 heterocycles. The van der Waals surface area contributed by atoms with E-state index in [1.54, 1.807) is 18.2 Å². The molecule has 0 saturated carbocycles. The summed E-state index contributed by atoms with van der Waals surface area (Å²) in [6, 6.07) is 10.0. The summed E-state index contributed by atoms with van der Waals surface area (Å²) in [5.74, 6) is -0.511. The van der Waals surface area contributed by atoms with Crippen molar-refractivity contribution >= 4 is 29.0 Å². The summed E-state index contributed by atoms with van der Waals surface area (Å²) in [5, 5.41) is 13.1. The number of nitrogens with zero attached hydrogens (tertiary/aromatic N) is 1. The van der Waals surface area contributed by atoms with E-state index >= 15 is 0 Å². The van der Waals surface area contributed by atoms with E-state index in [1.165, 1.54) is 24.3 Å². The molecule has 0 atom stereocenters. The molecule has 0 radical (unpaired) electrons. The van der Waals surface area contributed by atoms with Crippen LogP contribution in [0, 0.1) is 10.1 Å². The number of anilines is 1. The fourth-order valence-corrected chi connectivity index (χ4v) is 2.66. The van der Waals surface area contributed by atoms with Crippen LogP contribution in [0.2, 0.25) is 0 Å². The molecule has 0 spiro atoms. The maximum Gasteiger partial charge on any atom is 0.306 e. The number of hydrogen-bond donors (Lipinski definition) is 1. The lowest BCUT2D eigenvalue weighted by atomic mass is 10.1. The van der Waals surface area contributed by atoms with Gasteiger partial charge in [0.2, 0.25) is 0 Å². The second kappa shape index (κ2) is 9.50. The number of nitrogens with one attached hydrogen (secondary N) is 1. The number of ketones is 1. The van der Waals surface area contributed by atoms with Gasteiger partial charge in [0.25, 0.3) is 11.6 Å². The summed E-state index contributed by atoms with van der Waals surface area (Å²) in [5.41, 5.74) is 0.612. The van der Waals surface area contributed by atoms with Gasteiger partial charge in [-0.25, -0.2) is 0 Å². The molecule has 10 nitrogen and oxygen atoms in total. The Morgan fingerprint density at radius 3 is 2.40 bits per heavy atom. The van der Waals surface area contributed by atoms with Gasteiger partial charge in [-0.05, 0) is 30.3 Å². The van der Waals surface area contributed by atoms with Crippen LogP contribution in [0.25, 0.3) is 0 Å². The van der Waals surface area contributed by atoms with Crippen molar-refractivity contribution in [3.8, 4) is 11.5 Å². The molecule has 3 rings (SSSR count). The first-order valence-corrected chi connectivity index (χ1v) is 9.05. The van der Waals surface area contributed by atoms with Crippen LogP contribution in [0.3, 0.4) is 0 Å². The van der Waals surface area contributed by atoms with E-state index in [2.05, 4.69) is 5.32 Å². The maximum absolute atomic E-state index is 12.3. The van der Waals surface area contributed by atoms with Crippen molar-refractivity contribution < 1.29 is 33.5 Å². The van der Waals surface area contributed by atoms with Gasteiger partial charge in [-0.1, -0.05) is 0 Å². The number of carbonyl (C=O) groups is 3. The maximum atomic E-state index is 12.3. The molecule has 156 valence electrons. The number of benzene rings is 2. The molecule has 2 aromatic carbocycles. The van der Waals surface area contributed by atoms with Crippen molar-refractivity contribution in [2.45, 2.75) is 12.8 Å². The Kier molecular flexibility index (Phi) is 6.58. The van der Waals surface area contributed by atoms with Crippen molar-refractivity contribution in [3.05, 3.63) is 58.1 Å². The highest BCUT2D eigenvalue weighted by Gasteiger charge is 2.16. The molecule has 1 N–H and O–H groups in total. The van der Waals surface area contributed by atoms with Gasteiger partial charge in [-0.15, -0.1) is 0 Å². The quantitative estimate of drug-likeness (QED) is 0.301. The molecule has 0 aromatic heterocycles. The van der Waals surface area contributed by atoms with E-state index in [0.717, 1.165) is 0 Å². The number of nitro benzene ring substituents is 1. The van der Waals surface area contributed by atoms with E-state index in [0.29, 0.717) is 36.0 Å². The molecule has 1 aliphatic rings. The summed E-state index contributed by atoms with van der Waals surface area (Å²) >= 11 is 0. The predicted octanol–water partition coefficient (Wildman–Crippen LogP) is 2.51. The van der Waals surface area contributed by atoms with Crippen molar-refractivity contribution in [2.75, 3.05) is 25.1 Å². The third kappa shape index (κ3) is 5.53. The number of hydrogen-bond acceptors (Lipinski definition) is 8. The smallest absolute Gasteiger partial charge is 0.306 e. The van der Waals surface area contributed by atoms with Crippen LogP contribution in [0.15, 0.2) is 42.5 Å². The number of nitro groups is 1. The van der Waals surface area contributed by atoms with Crippen molar-refractivity contribution in [2.24, 2.45) is 0 Å².